The Morgan fingerprint density at radius 3 is 2.79 bits per heavy atom. The maximum Gasteiger partial charge on any atom is 0.414 e. The number of fused-ring (bicyclic) bond motifs is 2. The van der Waals surface area contributed by atoms with E-state index in [2.05, 4.69) is 13.5 Å². The molecule has 6 heteroatoms. The molecule has 0 spiro atoms. The number of benzene rings is 1. The van der Waals surface area contributed by atoms with Crippen molar-refractivity contribution >= 4 is 23.3 Å². The van der Waals surface area contributed by atoms with Crippen LogP contribution in [-0.4, -0.2) is 30.3 Å². The van der Waals surface area contributed by atoms with E-state index in [-0.39, 0.29) is 36.4 Å². The molecular weight excluding hydrogens is 368 g/mol. The molecule has 3 rings (SSSR count). The number of Topliss-reactive ketones (excluding diaryl/α,β-unsaturated/α-hetero) is 2. The zero-order valence-electron chi connectivity index (χ0n) is 17.1. The summed E-state index contributed by atoms with van der Waals surface area (Å²) in [5.74, 6) is -0.322. The SMILES string of the molecule is C=CCOC(=O)N1c2ccc(CN)cc2C(=O)[C@H]2C(CCCCC)CC(=O)C[C@H]21. The van der Waals surface area contributed by atoms with E-state index in [9.17, 15) is 14.4 Å². The van der Waals surface area contributed by atoms with Gasteiger partial charge < -0.3 is 10.5 Å². The van der Waals surface area contributed by atoms with Crippen LogP contribution in [0.15, 0.2) is 30.9 Å². The van der Waals surface area contributed by atoms with Gasteiger partial charge in [-0.25, -0.2) is 4.79 Å². The first-order valence-electron chi connectivity index (χ1n) is 10.5. The molecule has 1 saturated carbocycles. The summed E-state index contributed by atoms with van der Waals surface area (Å²) in [7, 11) is 0. The van der Waals surface area contributed by atoms with Gasteiger partial charge in [-0.3, -0.25) is 14.5 Å². The molecule has 2 N–H and O–H groups in total. The standard InChI is InChI=1S/C23H30N2O4/c1-3-5-6-7-16-12-17(26)13-20-21(16)22(27)18-11-15(14-24)8-9-19(18)25(20)23(28)29-10-4-2/h4,8-9,11,16,20-21H,2-3,5-7,10,12-14,24H2,1H3/t16?,20-,21+/m1/s1. The van der Waals surface area contributed by atoms with Crippen LogP contribution in [-0.2, 0) is 16.1 Å². The van der Waals surface area contributed by atoms with E-state index >= 15 is 0 Å². The molecule has 3 atom stereocenters. The average molecular weight is 399 g/mol. The van der Waals surface area contributed by atoms with Crippen LogP contribution >= 0.6 is 0 Å². The maximum atomic E-state index is 13.5. The van der Waals surface area contributed by atoms with Crippen molar-refractivity contribution < 1.29 is 19.1 Å². The van der Waals surface area contributed by atoms with E-state index in [0.717, 1.165) is 31.2 Å². The molecule has 0 saturated heterocycles. The molecule has 0 aromatic heterocycles. The highest BCUT2D eigenvalue weighted by molar-refractivity contribution is 6.11. The molecule has 1 aliphatic carbocycles. The predicted molar refractivity (Wildman–Crippen MR) is 112 cm³/mol. The summed E-state index contributed by atoms with van der Waals surface area (Å²) in [6.07, 6.45) is 5.47. The van der Waals surface area contributed by atoms with Crippen molar-refractivity contribution in [2.45, 2.75) is 58.0 Å². The van der Waals surface area contributed by atoms with Crippen molar-refractivity contribution in [3.05, 3.63) is 42.0 Å². The molecule has 156 valence electrons. The minimum atomic E-state index is -0.545. The summed E-state index contributed by atoms with van der Waals surface area (Å²) in [6.45, 7) is 6.10. The van der Waals surface area contributed by atoms with Gasteiger partial charge in [0.15, 0.2) is 5.78 Å². The normalized spacial score (nSPS) is 23.4. The molecule has 1 fully saturated rings. The highest BCUT2D eigenvalue weighted by atomic mass is 16.6. The zero-order valence-corrected chi connectivity index (χ0v) is 17.1. The molecule has 1 aliphatic heterocycles. The summed E-state index contributed by atoms with van der Waals surface area (Å²) < 4.78 is 5.32. The molecule has 1 amide bonds. The van der Waals surface area contributed by atoms with Crippen LogP contribution in [0.2, 0.25) is 0 Å². The van der Waals surface area contributed by atoms with Crippen molar-refractivity contribution in [3.8, 4) is 0 Å². The van der Waals surface area contributed by atoms with Gasteiger partial charge in [0.05, 0.1) is 11.7 Å². The van der Waals surface area contributed by atoms with Crippen molar-refractivity contribution in [2.24, 2.45) is 17.6 Å². The molecule has 1 aromatic rings. The number of unbranched alkanes of at least 4 members (excludes halogenated alkanes) is 2. The number of hydrogen-bond donors (Lipinski definition) is 1. The Bertz CT molecular complexity index is 804. The van der Waals surface area contributed by atoms with Crippen molar-refractivity contribution in [3.63, 3.8) is 0 Å². The molecule has 1 heterocycles. The van der Waals surface area contributed by atoms with Gasteiger partial charge in [-0.1, -0.05) is 44.9 Å². The molecule has 6 nitrogen and oxygen atoms in total. The summed E-state index contributed by atoms with van der Waals surface area (Å²) in [5.41, 5.74) is 7.62. The van der Waals surface area contributed by atoms with Gasteiger partial charge in [0, 0.05) is 30.9 Å². The fourth-order valence-corrected chi connectivity index (χ4v) is 4.67. The van der Waals surface area contributed by atoms with Gasteiger partial charge in [-0.2, -0.15) is 0 Å². The molecule has 29 heavy (non-hydrogen) atoms. The van der Waals surface area contributed by atoms with Gasteiger partial charge in [-0.15, -0.1) is 0 Å². The minimum absolute atomic E-state index is 0.0158. The third-order valence-corrected chi connectivity index (χ3v) is 6.00. The van der Waals surface area contributed by atoms with Crippen molar-refractivity contribution in [1.29, 1.82) is 0 Å². The highest BCUT2D eigenvalue weighted by Crippen LogP contribution is 2.44. The number of ether oxygens (including phenoxy) is 1. The number of rotatable bonds is 7. The molecular formula is C23H30N2O4. The van der Waals surface area contributed by atoms with Crippen LogP contribution in [0.1, 0.15) is 61.4 Å². The molecule has 0 bridgehead atoms. The van der Waals surface area contributed by atoms with E-state index in [1.54, 1.807) is 12.1 Å². The Labute approximate surface area is 172 Å². The maximum absolute atomic E-state index is 13.5. The number of carbonyl (C=O) groups excluding carboxylic acids is 3. The topological polar surface area (TPSA) is 89.7 Å². The quantitative estimate of drug-likeness (QED) is 0.553. The average Bonchev–Trinajstić information content (AvgIpc) is 2.72. The smallest absolute Gasteiger partial charge is 0.414 e. The molecule has 2 aliphatic rings. The Hall–Kier alpha value is -2.47. The molecule has 1 unspecified atom stereocenters. The third kappa shape index (κ3) is 4.27. The number of amides is 1. The van der Waals surface area contributed by atoms with Crippen LogP contribution < -0.4 is 10.6 Å². The van der Waals surface area contributed by atoms with E-state index < -0.39 is 12.1 Å². The highest BCUT2D eigenvalue weighted by Gasteiger charge is 2.50. The minimum Gasteiger partial charge on any atom is -0.445 e. The van der Waals surface area contributed by atoms with Gasteiger partial charge in [-0.05, 0) is 30.0 Å². The largest absolute Gasteiger partial charge is 0.445 e. The summed E-state index contributed by atoms with van der Waals surface area (Å²) in [5, 5.41) is 0. The Morgan fingerprint density at radius 1 is 1.31 bits per heavy atom. The van der Waals surface area contributed by atoms with E-state index in [1.165, 1.54) is 11.0 Å². The molecule has 0 radical (unpaired) electrons. The fourth-order valence-electron chi connectivity index (χ4n) is 4.67. The lowest BCUT2D eigenvalue weighted by Gasteiger charge is -2.46. The van der Waals surface area contributed by atoms with E-state index in [0.29, 0.717) is 24.2 Å². The number of carbonyl (C=O) groups is 3. The van der Waals surface area contributed by atoms with E-state index in [1.807, 2.05) is 6.07 Å². The van der Waals surface area contributed by atoms with Crippen LogP contribution in [0.3, 0.4) is 0 Å². The van der Waals surface area contributed by atoms with E-state index in [4.69, 9.17) is 10.5 Å². The van der Waals surface area contributed by atoms with Gasteiger partial charge in [0.2, 0.25) is 0 Å². The summed E-state index contributed by atoms with van der Waals surface area (Å²) in [4.78, 5) is 40.5. The monoisotopic (exact) mass is 398 g/mol. The summed E-state index contributed by atoms with van der Waals surface area (Å²) >= 11 is 0. The second-order valence-corrected chi connectivity index (χ2v) is 7.95. The second kappa shape index (κ2) is 9.35. The van der Waals surface area contributed by atoms with Crippen molar-refractivity contribution in [2.75, 3.05) is 11.5 Å². The number of hydrogen-bond acceptors (Lipinski definition) is 5. The first-order valence-corrected chi connectivity index (χ1v) is 10.5. The Kier molecular flexibility index (Phi) is 6.85. The Balaban J connectivity index is 2.04. The van der Waals surface area contributed by atoms with Crippen LogP contribution in [0.4, 0.5) is 10.5 Å². The number of ketones is 2. The predicted octanol–water partition coefficient (Wildman–Crippen LogP) is 4.01. The molecule has 1 aromatic carbocycles. The zero-order chi connectivity index (χ0) is 21.0. The van der Waals surface area contributed by atoms with Crippen LogP contribution in [0, 0.1) is 11.8 Å². The lowest BCUT2D eigenvalue weighted by Crippen LogP contribution is -2.56. The van der Waals surface area contributed by atoms with Crippen LogP contribution in [0.5, 0.6) is 0 Å². The van der Waals surface area contributed by atoms with Crippen LogP contribution in [0.25, 0.3) is 0 Å². The van der Waals surface area contributed by atoms with Gasteiger partial charge in [0.1, 0.15) is 12.4 Å². The fraction of sp³-hybridized carbons (Fsp3) is 0.522. The number of anilines is 1. The number of nitrogens with two attached hydrogens (primary N) is 1. The van der Waals surface area contributed by atoms with Gasteiger partial charge >= 0.3 is 6.09 Å². The summed E-state index contributed by atoms with van der Waals surface area (Å²) in [6, 6.07) is 4.83. The third-order valence-electron chi connectivity index (χ3n) is 6.00. The first-order chi connectivity index (χ1) is 14.0. The second-order valence-electron chi connectivity index (χ2n) is 7.95. The lowest BCUT2D eigenvalue weighted by molar-refractivity contribution is -0.122. The lowest BCUT2D eigenvalue weighted by atomic mass is 9.67. The van der Waals surface area contributed by atoms with Crippen molar-refractivity contribution in [1.82, 2.24) is 0 Å². The Morgan fingerprint density at radius 2 is 2.10 bits per heavy atom. The first kappa shape index (κ1) is 21.2. The number of nitrogens with zero attached hydrogens (tertiary/aromatic N) is 1. The van der Waals surface area contributed by atoms with Gasteiger partial charge in [0.25, 0.3) is 0 Å².